The van der Waals surface area contributed by atoms with Gasteiger partial charge in [-0.05, 0) is 45.4 Å². The van der Waals surface area contributed by atoms with Crippen molar-refractivity contribution in [2.75, 3.05) is 5.32 Å². The predicted molar refractivity (Wildman–Crippen MR) is 85.5 cm³/mol. The molecule has 0 aromatic carbocycles. The van der Waals surface area contributed by atoms with Crippen LogP contribution in [0.4, 0.5) is 5.69 Å². The summed E-state index contributed by atoms with van der Waals surface area (Å²) in [6.07, 6.45) is 3.82. The van der Waals surface area contributed by atoms with Gasteiger partial charge in [0.05, 0.1) is 17.1 Å². The van der Waals surface area contributed by atoms with Gasteiger partial charge in [-0.2, -0.15) is 5.10 Å². The van der Waals surface area contributed by atoms with Crippen LogP contribution in [0.1, 0.15) is 36.8 Å². The van der Waals surface area contributed by atoms with Gasteiger partial charge in [0.15, 0.2) is 0 Å². The molecule has 3 aromatic rings. The average molecular weight is 283 g/mol. The smallest absolute Gasteiger partial charge is 0.137 e. The number of nitrogens with zero attached hydrogens (tertiary/aromatic N) is 3. The quantitative estimate of drug-likeness (QED) is 0.769. The van der Waals surface area contributed by atoms with E-state index in [1.54, 1.807) is 6.20 Å². The van der Waals surface area contributed by atoms with E-state index in [1.165, 1.54) is 11.3 Å². The number of H-pyrrole nitrogens is 1. The van der Waals surface area contributed by atoms with Gasteiger partial charge in [-0.3, -0.25) is 4.68 Å². The number of aryl methyl sites for hydroxylation is 1. The van der Waals surface area contributed by atoms with Crippen molar-refractivity contribution in [3.63, 3.8) is 0 Å². The minimum atomic E-state index is 0.372. The second kappa shape index (κ2) is 5.24. The Hall–Kier alpha value is -2.30. The highest BCUT2D eigenvalue weighted by Gasteiger charge is 2.13. The molecule has 0 atom stereocenters. The second-order valence-electron chi connectivity index (χ2n) is 5.65. The van der Waals surface area contributed by atoms with Gasteiger partial charge in [-0.1, -0.05) is 0 Å². The van der Waals surface area contributed by atoms with Crippen LogP contribution in [0.3, 0.4) is 0 Å². The van der Waals surface area contributed by atoms with Gasteiger partial charge in [0, 0.05) is 30.4 Å². The lowest BCUT2D eigenvalue weighted by atomic mass is 10.2. The summed E-state index contributed by atoms with van der Waals surface area (Å²) in [6.45, 7) is 9.21. The molecule has 0 bridgehead atoms. The van der Waals surface area contributed by atoms with Crippen LogP contribution in [0.5, 0.6) is 0 Å². The summed E-state index contributed by atoms with van der Waals surface area (Å²) in [5.74, 6) is 0. The van der Waals surface area contributed by atoms with E-state index < -0.39 is 0 Å². The lowest BCUT2D eigenvalue weighted by Crippen LogP contribution is -2.06. The molecule has 110 valence electrons. The number of fused-ring (bicyclic) bond motifs is 1. The largest absolute Gasteiger partial charge is 0.378 e. The topological polar surface area (TPSA) is 58.5 Å². The predicted octanol–water partition coefficient (Wildman–Crippen LogP) is 3.57. The SMILES string of the molecule is Cc1nn(C(C)C)c(C)c1NCc1c[nH]c2ncccc12. The standard InChI is InChI=1S/C16H21N5/c1-10(2)21-12(4)15(11(3)20-21)18-8-13-9-19-16-14(13)6-5-7-17-16/h5-7,9-10,18H,8H2,1-4H3,(H,17,19). The Balaban J connectivity index is 1.85. The number of rotatable bonds is 4. The Labute approximate surface area is 124 Å². The molecule has 0 amide bonds. The fourth-order valence-corrected chi connectivity index (χ4v) is 2.76. The zero-order chi connectivity index (χ0) is 15.0. The maximum Gasteiger partial charge on any atom is 0.137 e. The van der Waals surface area contributed by atoms with Gasteiger partial charge >= 0.3 is 0 Å². The molecule has 0 radical (unpaired) electrons. The average Bonchev–Trinajstić information content (AvgIpc) is 2.99. The van der Waals surface area contributed by atoms with Crippen LogP contribution in [0.2, 0.25) is 0 Å². The number of aromatic nitrogens is 4. The van der Waals surface area contributed by atoms with Crippen LogP contribution in [0.25, 0.3) is 11.0 Å². The van der Waals surface area contributed by atoms with Crippen LogP contribution in [0, 0.1) is 13.8 Å². The van der Waals surface area contributed by atoms with E-state index in [2.05, 4.69) is 51.9 Å². The van der Waals surface area contributed by atoms with Crippen LogP contribution in [-0.4, -0.2) is 19.7 Å². The Morgan fingerprint density at radius 3 is 2.86 bits per heavy atom. The molecule has 21 heavy (non-hydrogen) atoms. The van der Waals surface area contributed by atoms with Crippen LogP contribution >= 0.6 is 0 Å². The molecule has 0 spiro atoms. The maximum absolute atomic E-state index is 4.61. The molecule has 0 saturated heterocycles. The summed E-state index contributed by atoms with van der Waals surface area (Å²) in [5, 5.41) is 9.29. The summed E-state index contributed by atoms with van der Waals surface area (Å²) < 4.78 is 2.06. The molecule has 3 rings (SSSR count). The highest BCUT2D eigenvalue weighted by atomic mass is 15.3. The van der Waals surface area contributed by atoms with Crippen LogP contribution in [-0.2, 0) is 6.54 Å². The van der Waals surface area contributed by atoms with Gasteiger partial charge < -0.3 is 10.3 Å². The number of hydrogen-bond acceptors (Lipinski definition) is 3. The van der Waals surface area contributed by atoms with E-state index in [4.69, 9.17) is 0 Å². The number of hydrogen-bond donors (Lipinski definition) is 2. The Morgan fingerprint density at radius 1 is 1.33 bits per heavy atom. The van der Waals surface area contributed by atoms with E-state index in [0.29, 0.717) is 6.04 Å². The first-order valence-corrected chi connectivity index (χ1v) is 7.28. The van der Waals surface area contributed by atoms with Gasteiger partial charge in [0.1, 0.15) is 5.65 Å². The van der Waals surface area contributed by atoms with E-state index in [-0.39, 0.29) is 0 Å². The van der Waals surface area contributed by atoms with Crippen molar-refractivity contribution in [1.29, 1.82) is 0 Å². The molecule has 0 aliphatic carbocycles. The second-order valence-corrected chi connectivity index (χ2v) is 5.65. The zero-order valence-electron chi connectivity index (χ0n) is 12.9. The number of aromatic amines is 1. The number of pyridine rings is 1. The lowest BCUT2D eigenvalue weighted by molar-refractivity contribution is 0.516. The molecule has 5 heteroatoms. The lowest BCUT2D eigenvalue weighted by Gasteiger charge is -2.09. The zero-order valence-corrected chi connectivity index (χ0v) is 12.9. The monoisotopic (exact) mass is 283 g/mol. The normalized spacial score (nSPS) is 11.5. The van der Waals surface area contributed by atoms with Gasteiger partial charge in [0.25, 0.3) is 0 Å². The Morgan fingerprint density at radius 2 is 2.14 bits per heavy atom. The summed E-state index contributed by atoms with van der Waals surface area (Å²) in [7, 11) is 0. The highest BCUT2D eigenvalue weighted by molar-refractivity contribution is 5.79. The van der Waals surface area contributed by atoms with E-state index in [9.17, 15) is 0 Å². The van der Waals surface area contributed by atoms with Gasteiger partial charge in [-0.15, -0.1) is 0 Å². The van der Waals surface area contributed by atoms with Crippen molar-refractivity contribution in [3.05, 3.63) is 41.5 Å². The van der Waals surface area contributed by atoms with E-state index in [1.807, 2.05) is 19.2 Å². The fourth-order valence-electron chi connectivity index (χ4n) is 2.76. The van der Waals surface area contributed by atoms with Crippen molar-refractivity contribution < 1.29 is 0 Å². The van der Waals surface area contributed by atoms with Crippen LogP contribution < -0.4 is 5.32 Å². The van der Waals surface area contributed by atoms with Gasteiger partial charge in [0.2, 0.25) is 0 Å². The van der Waals surface area contributed by atoms with Crippen LogP contribution in [0.15, 0.2) is 24.5 Å². The minimum Gasteiger partial charge on any atom is -0.378 e. The van der Waals surface area contributed by atoms with E-state index >= 15 is 0 Å². The molecule has 0 saturated carbocycles. The molecular weight excluding hydrogens is 262 g/mol. The first-order chi connectivity index (χ1) is 10.1. The highest BCUT2D eigenvalue weighted by Crippen LogP contribution is 2.24. The fraction of sp³-hybridized carbons (Fsp3) is 0.375. The number of anilines is 1. The summed E-state index contributed by atoms with van der Waals surface area (Å²) in [5.41, 5.74) is 5.50. The molecule has 0 unspecified atom stereocenters. The molecule has 2 N–H and O–H groups in total. The Bertz CT molecular complexity index is 766. The molecule has 0 aliphatic rings. The molecule has 5 nitrogen and oxygen atoms in total. The molecule has 0 aliphatic heterocycles. The molecule has 0 fully saturated rings. The van der Waals surface area contributed by atoms with Crippen molar-refractivity contribution in [3.8, 4) is 0 Å². The first-order valence-electron chi connectivity index (χ1n) is 7.28. The Kier molecular flexibility index (Phi) is 3.41. The molecule has 3 aromatic heterocycles. The summed E-state index contributed by atoms with van der Waals surface area (Å²) in [6, 6.07) is 4.43. The third kappa shape index (κ3) is 2.39. The summed E-state index contributed by atoms with van der Waals surface area (Å²) in [4.78, 5) is 7.52. The molecule has 3 heterocycles. The minimum absolute atomic E-state index is 0.372. The van der Waals surface area contributed by atoms with Crippen molar-refractivity contribution in [1.82, 2.24) is 19.7 Å². The van der Waals surface area contributed by atoms with Crippen molar-refractivity contribution >= 4 is 16.7 Å². The molecular formula is C16H21N5. The first kappa shape index (κ1) is 13.7. The summed E-state index contributed by atoms with van der Waals surface area (Å²) >= 11 is 0. The van der Waals surface area contributed by atoms with Crippen molar-refractivity contribution in [2.45, 2.75) is 40.3 Å². The third-order valence-electron chi connectivity index (χ3n) is 3.81. The maximum atomic E-state index is 4.61. The number of nitrogens with one attached hydrogen (secondary N) is 2. The van der Waals surface area contributed by atoms with Gasteiger partial charge in [-0.25, -0.2) is 4.98 Å². The van der Waals surface area contributed by atoms with E-state index in [0.717, 1.165) is 29.0 Å². The third-order valence-corrected chi connectivity index (χ3v) is 3.81. The van der Waals surface area contributed by atoms with Crippen molar-refractivity contribution in [2.24, 2.45) is 0 Å².